The highest BCUT2D eigenvalue weighted by molar-refractivity contribution is 5.58. The molecule has 4 nitrogen and oxygen atoms in total. The van der Waals surface area contributed by atoms with Crippen LogP contribution < -0.4 is 4.74 Å². The summed E-state index contributed by atoms with van der Waals surface area (Å²) in [6.07, 6.45) is 5.02. The summed E-state index contributed by atoms with van der Waals surface area (Å²) in [6, 6.07) is 12.5. The van der Waals surface area contributed by atoms with Crippen molar-refractivity contribution in [2.75, 3.05) is 19.6 Å². The van der Waals surface area contributed by atoms with Crippen molar-refractivity contribution in [3.63, 3.8) is 0 Å². The van der Waals surface area contributed by atoms with E-state index >= 15 is 0 Å². The smallest absolute Gasteiger partial charge is 0.233 e. The molecule has 1 aromatic heterocycles. The van der Waals surface area contributed by atoms with Gasteiger partial charge in [0.15, 0.2) is 0 Å². The lowest BCUT2D eigenvalue weighted by atomic mass is 9.87. The van der Waals surface area contributed by atoms with Gasteiger partial charge >= 0.3 is 0 Å². The first kappa shape index (κ1) is 15.6. The second-order valence-electron chi connectivity index (χ2n) is 6.96. The Morgan fingerprint density at radius 1 is 1.04 bits per heavy atom. The molecule has 0 N–H and O–H groups in total. The fraction of sp³-hybridized carbons (Fsp3) is 0.500. The molecule has 0 saturated carbocycles. The van der Waals surface area contributed by atoms with Gasteiger partial charge in [-0.15, -0.1) is 10.2 Å². The Balaban J connectivity index is 1.43. The van der Waals surface area contributed by atoms with Crippen LogP contribution in [-0.4, -0.2) is 40.8 Å². The molecule has 0 radical (unpaired) electrons. The molecule has 4 rings (SSSR count). The van der Waals surface area contributed by atoms with E-state index in [1.807, 2.05) is 12.1 Å². The number of benzene rings is 1. The quantitative estimate of drug-likeness (QED) is 0.862. The zero-order chi connectivity index (χ0) is 16.4. The minimum Gasteiger partial charge on any atom is -0.473 e. The van der Waals surface area contributed by atoms with E-state index in [9.17, 15) is 0 Å². The molecule has 0 aliphatic carbocycles. The molecule has 2 fully saturated rings. The third kappa shape index (κ3) is 3.29. The van der Waals surface area contributed by atoms with E-state index in [1.165, 1.54) is 31.5 Å². The first-order valence-electron chi connectivity index (χ1n) is 9.14. The third-order valence-corrected chi connectivity index (χ3v) is 5.37. The number of hydrogen-bond acceptors (Lipinski definition) is 4. The van der Waals surface area contributed by atoms with Crippen LogP contribution in [0.2, 0.25) is 0 Å². The highest BCUT2D eigenvalue weighted by Crippen LogP contribution is 2.29. The lowest BCUT2D eigenvalue weighted by Gasteiger charge is -2.42. The standard InChI is InChI=1S/C20H25N3O/c1-2-15-5-7-16(8-6-15)18-9-10-20(22-21-18)24-19-11-13-23-12-3-4-17(19)14-23/h5-10,17,19H,2-4,11-14H2,1H3/t17-,19-/m0/s1. The SMILES string of the molecule is CCc1ccc(-c2ccc(O[C@H]3CC[N@@]4CCC[C@H]3C4)nn2)cc1. The Labute approximate surface area is 143 Å². The Hall–Kier alpha value is -1.94. The van der Waals surface area contributed by atoms with Gasteiger partial charge in [0.05, 0.1) is 5.69 Å². The topological polar surface area (TPSA) is 38.2 Å². The van der Waals surface area contributed by atoms with Crippen molar-refractivity contribution < 1.29 is 4.74 Å². The van der Waals surface area contributed by atoms with E-state index in [1.54, 1.807) is 0 Å². The summed E-state index contributed by atoms with van der Waals surface area (Å²) in [5, 5.41) is 8.68. The van der Waals surface area contributed by atoms with Crippen LogP contribution in [0.3, 0.4) is 0 Å². The summed E-state index contributed by atoms with van der Waals surface area (Å²) in [5.74, 6) is 1.31. The minimum absolute atomic E-state index is 0.297. The summed E-state index contributed by atoms with van der Waals surface area (Å²) in [6.45, 7) is 5.75. The highest BCUT2D eigenvalue weighted by atomic mass is 16.5. The Kier molecular flexibility index (Phi) is 4.48. The van der Waals surface area contributed by atoms with Crippen LogP contribution in [0.25, 0.3) is 11.3 Å². The predicted molar refractivity (Wildman–Crippen MR) is 95.0 cm³/mol. The molecular weight excluding hydrogens is 298 g/mol. The number of rotatable bonds is 4. The zero-order valence-corrected chi connectivity index (χ0v) is 14.3. The lowest BCUT2D eigenvalue weighted by Crippen LogP contribution is -2.49. The number of fused-ring (bicyclic) bond motifs is 2. The second kappa shape index (κ2) is 6.89. The molecular formula is C20H25N3O. The maximum Gasteiger partial charge on any atom is 0.233 e. The van der Waals surface area contributed by atoms with Crippen LogP contribution in [-0.2, 0) is 6.42 Å². The largest absolute Gasteiger partial charge is 0.473 e. The van der Waals surface area contributed by atoms with Gasteiger partial charge in [0.2, 0.25) is 5.88 Å². The fourth-order valence-electron chi connectivity index (χ4n) is 3.90. The Morgan fingerprint density at radius 2 is 1.92 bits per heavy atom. The van der Waals surface area contributed by atoms with Crippen LogP contribution in [0.5, 0.6) is 5.88 Å². The summed E-state index contributed by atoms with van der Waals surface area (Å²) < 4.78 is 6.17. The van der Waals surface area contributed by atoms with Crippen LogP contribution in [0.4, 0.5) is 0 Å². The lowest BCUT2D eigenvalue weighted by molar-refractivity contribution is 0.0123. The van der Waals surface area contributed by atoms with E-state index in [2.05, 4.69) is 46.3 Å². The number of nitrogens with zero attached hydrogens (tertiary/aromatic N) is 3. The van der Waals surface area contributed by atoms with Gasteiger partial charge < -0.3 is 9.64 Å². The van der Waals surface area contributed by atoms with Crippen molar-refractivity contribution in [2.45, 2.75) is 38.7 Å². The summed E-state index contributed by atoms with van der Waals surface area (Å²) in [5.41, 5.74) is 3.34. The van der Waals surface area contributed by atoms with Crippen LogP contribution in [0.15, 0.2) is 36.4 Å². The predicted octanol–water partition coefficient (Wildman–Crippen LogP) is 3.57. The van der Waals surface area contributed by atoms with Gasteiger partial charge in [0.25, 0.3) is 0 Å². The second-order valence-corrected chi connectivity index (χ2v) is 6.96. The molecule has 2 aliphatic heterocycles. The molecule has 4 heteroatoms. The fourth-order valence-corrected chi connectivity index (χ4v) is 3.90. The molecule has 1 aromatic carbocycles. The Bertz CT molecular complexity index is 668. The molecule has 2 saturated heterocycles. The molecule has 0 amide bonds. The van der Waals surface area contributed by atoms with Crippen molar-refractivity contribution in [1.82, 2.24) is 15.1 Å². The molecule has 24 heavy (non-hydrogen) atoms. The van der Waals surface area contributed by atoms with E-state index in [-0.39, 0.29) is 0 Å². The van der Waals surface area contributed by atoms with Gasteiger partial charge in [-0.3, -0.25) is 0 Å². The molecule has 2 aliphatic rings. The molecule has 3 atom stereocenters. The average Bonchev–Trinajstić information content (AvgIpc) is 2.65. The van der Waals surface area contributed by atoms with Crippen molar-refractivity contribution >= 4 is 0 Å². The van der Waals surface area contributed by atoms with Crippen molar-refractivity contribution in [1.29, 1.82) is 0 Å². The molecule has 0 spiro atoms. The van der Waals surface area contributed by atoms with Gasteiger partial charge in [0, 0.05) is 30.6 Å². The van der Waals surface area contributed by atoms with E-state index in [4.69, 9.17) is 4.74 Å². The number of hydrogen-bond donors (Lipinski definition) is 0. The first-order chi connectivity index (χ1) is 11.8. The normalized spacial score (nSPS) is 26.1. The third-order valence-electron chi connectivity index (χ3n) is 5.37. The molecule has 0 unspecified atom stereocenters. The van der Waals surface area contributed by atoms with Crippen molar-refractivity contribution in [3.05, 3.63) is 42.0 Å². The van der Waals surface area contributed by atoms with Gasteiger partial charge in [-0.1, -0.05) is 31.2 Å². The maximum absolute atomic E-state index is 6.17. The number of ether oxygens (including phenoxy) is 1. The summed E-state index contributed by atoms with van der Waals surface area (Å²) in [4.78, 5) is 2.56. The van der Waals surface area contributed by atoms with Gasteiger partial charge in [0.1, 0.15) is 6.10 Å². The van der Waals surface area contributed by atoms with Gasteiger partial charge in [-0.05, 0) is 43.9 Å². The zero-order valence-electron chi connectivity index (χ0n) is 14.3. The van der Waals surface area contributed by atoms with Crippen molar-refractivity contribution in [2.24, 2.45) is 5.92 Å². The molecule has 2 bridgehead atoms. The molecule has 2 aromatic rings. The highest BCUT2D eigenvalue weighted by Gasteiger charge is 2.33. The molecule has 126 valence electrons. The van der Waals surface area contributed by atoms with Crippen LogP contribution in [0.1, 0.15) is 31.7 Å². The summed E-state index contributed by atoms with van der Waals surface area (Å²) >= 11 is 0. The van der Waals surface area contributed by atoms with Crippen LogP contribution in [0, 0.1) is 5.92 Å². The molecule has 3 heterocycles. The average molecular weight is 323 g/mol. The maximum atomic E-state index is 6.17. The monoisotopic (exact) mass is 323 g/mol. The number of aryl methyl sites for hydroxylation is 1. The van der Waals surface area contributed by atoms with Crippen LogP contribution >= 0.6 is 0 Å². The van der Waals surface area contributed by atoms with Gasteiger partial charge in [-0.25, -0.2) is 0 Å². The van der Waals surface area contributed by atoms with E-state index in [0.717, 1.165) is 30.6 Å². The van der Waals surface area contributed by atoms with Gasteiger partial charge in [-0.2, -0.15) is 0 Å². The van der Waals surface area contributed by atoms with E-state index < -0.39 is 0 Å². The number of piperidine rings is 2. The summed E-state index contributed by atoms with van der Waals surface area (Å²) in [7, 11) is 0. The van der Waals surface area contributed by atoms with E-state index in [0.29, 0.717) is 17.9 Å². The number of aromatic nitrogens is 2. The first-order valence-corrected chi connectivity index (χ1v) is 9.14. The Morgan fingerprint density at radius 3 is 2.67 bits per heavy atom. The van der Waals surface area contributed by atoms with Crippen molar-refractivity contribution in [3.8, 4) is 17.1 Å². The minimum atomic E-state index is 0.297.